The summed E-state index contributed by atoms with van der Waals surface area (Å²) in [6.07, 6.45) is 4.36. The minimum absolute atomic E-state index is 0. The molecule has 2 nitrogen and oxygen atoms in total. The zero-order valence-electron chi connectivity index (χ0n) is 5.56. The zero-order valence-corrected chi connectivity index (χ0v) is 7.56. The molecule has 0 bridgehead atoms. The van der Waals surface area contributed by atoms with E-state index in [0.29, 0.717) is 0 Å². The van der Waals surface area contributed by atoms with Gasteiger partial charge in [-0.2, -0.15) is 0 Å². The Labute approximate surface area is 72.6 Å². The van der Waals surface area contributed by atoms with Crippen LogP contribution in [0.1, 0.15) is 19.3 Å². The largest absolute Gasteiger partial charge is 0.870 e. The summed E-state index contributed by atoms with van der Waals surface area (Å²) in [6.45, 7) is 2.75. The first kappa shape index (κ1) is 11.7. The summed E-state index contributed by atoms with van der Waals surface area (Å²) in [6, 6.07) is 0. The van der Waals surface area contributed by atoms with Gasteiger partial charge in [-0.1, -0.05) is 0 Å². The quantitative estimate of drug-likeness (QED) is 0.423. The van der Waals surface area contributed by atoms with Crippen LogP contribution in [0.3, 0.4) is 0 Å². The molecule has 0 aromatic rings. The van der Waals surface area contributed by atoms with E-state index in [-0.39, 0.29) is 35.0 Å². The van der Waals surface area contributed by atoms with Gasteiger partial charge in [0.15, 0.2) is 0 Å². The van der Waals surface area contributed by atoms with Crippen LogP contribution in [0.25, 0.3) is 0 Å². The van der Waals surface area contributed by atoms with E-state index in [2.05, 4.69) is 5.32 Å². The summed E-state index contributed by atoms with van der Waals surface area (Å²) in [5.74, 6) is 0. The van der Waals surface area contributed by atoms with Crippen LogP contribution < -0.4 is 5.32 Å². The first-order valence-electron chi connectivity index (χ1n) is 2.82. The summed E-state index contributed by atoms with van der Waals surface area (Å²) < 4.78 is 0. The third kappa shape index (κ3) is 5.06. The molecular weight excluding hydrogens is 113 g/mol. The van der Waals surface area contributed by atoms with E-state index in [1.54, 1.807) is 0 Å². The summed E-state index contributed by atoms with van der Waals surface area (Å²) >= 11 is 0. The topological polar surface area (TPSA) is 46.6 Å². The second-order valence-corrected chi connectivity index (χ2v) is 1.93. The number of rotatable bonds is 0. The van der Waals surface area contributed by atoms with Crippen molar-refractivity contribution in [1.82, 2.24) is 0 Å². The van der Waals surface area contributed by atoms with E-state index in [1.807, 2.05) is 0 Å². The van der Waals surface area contributed by atoms with Crippen LogP contribution in [-0.4, -0.2) is 48.1 Å². The predicted octanol–water partition coefficient (Wildman–Crippen LogP) is -0.824. The fourth-order valence-corrected chi connectivity index (χ4v) is 0.898. The monoisotopic (exact) mass is 126 g/mol. The molecule has 3 N–H and O–H groups in total. The molecule has 0 atom stereocenters. The van der Waals surface area contributed by atoms with Crippen molar-refractivity contribution in [1.29, 1.82) is 0 Å². The van der Waals surface area contributed by atoms with Gasteiger partial charge in [-0.05, 0) is 19.3 Å². The molecule has 1 aliphatic rings. The van der Waals surface area contributed by atoms with Crippen molar-refractivity contribution in [2.45, 2.75) is 19.3 Å². The molecule has 1 saturated heterocycles. The molecule has 1 heterocycles. The third-order valence-electron chi connectivity index (χ3n) is 1.32. The Morgan fingerprint density at radius 2 is 1.38 bits per heavy atom. The van der Waals surface area contributed by atoms with Crippen molar-refractivity contribution < 1.29 is 10.8 Å². The molecule has 0 aliphatic carbocycles. The number of hydrogen-bond acceptors (Lipinski definition) is 1. The number of piperidine rings is 1. The summed E-state index contributed by atoms with van der Waals surface area (Å²) in [4.78, 5) is 0. The molecular formula is C5H13NNaO. The third-order valence-corrected chi connectivity index (χ3v) is 1.32. The minimum Gasteiger partial charge on any atom is -0.870 e. The van der Waals surface area contributed by atoms with Gasteiger partial charge in [0.2, 0.25) is 0 Å². The van der Waals surface area contributed by atoms with Gasteiger partial charge in [-0.25, -0.2) is 0 Å². The van der Waals surface area contributed by atoms with Crippen LogP contribution >= 0.6 is 0 Å². The standard InChI is InChI=1S/C5H11N.Na.H2O/c1-2-4-6-5-3-1;;/h6H,1-5H2;;1H2. The second-order valence-electron chi connectivity index (χ2n) is 1.93. The van der Waals surface area contributed by atoms with Crippen molar-refractivity contribution in [2.75, 3.05) is 13.1 Å². The number of hydrogen-bond donors (Lipinski definition) is 1. The van der Waals surface area contributed by atoms with Crippen molar-refractivity contribution >= 4 is 29.6 Å². The Morgan fingerprint density at radius 3 is 1.50 bits per heavy atom. The maximum absolute atomic E-state index is 2.39. The molecule has 1 aliphatic heterocycles. The van der Waals surface area contributed by atoms with E-state index < -0.39 is 0 Å². The molecule has 0 saturated carbocycles. The van der Waals surface area contributed by atoms with Crippen LogP contribution in [0.5, 0.6) is 0 Å². The fraction of sp³-hybridized carbons (Fsp3) is 1.00. The van der Waals surface area contributed by atoms with Gasteiger partial charge in [0, 0.05) is 29.6 Å². The average molecular weight is 126 g/mol. The average Bonchev–Trinajstić information content (AvgIpc) is 1.72. The maximum atomic E-state index is 2.39. The van der Waals surface area contributed by atoms with E-state index in [1.165, 1.54) is 32.4 Å². The molecule has 1 radical (unpaired) electrons. The van der Waals surface area contributed by atoms with Crippen molar-refractivity contribution in [3.8, 4) is 0 Å². The number of quaternary nitrogens is 1. The van der Waals surface area contributed by atoms with Gasteiger partial charge in [0.05, 0.1) is 13.1 Å². The Kier molecular flexibility index (Phi) is 11.6. The minimum atomic E-state index is 0. The normalized spacial score (nSPS) is 18.0. The molecule has 0 amide bonds. The first-order valence-corrected chi connectivity index (χ1v) is 2.82. The van der Waals surface area contributed by atoms with Crippen LogP contribution in [0.2, 0.25) is 0 Å². The molecule has 8 heavy (non-hydrogen) atoms. The molecule has 1 fully saturated rings. The second kappa shape index (κ2) is 7.92. The Morgan fingerprint density at radius 1 is 0.875 bits per heavy atom. The van der Waals surface area contributed by atoms with Gasteiger partial charge in [0.25, 0.3) is 0 Å². The molecule has 3 heteroatoms. The maximum Gasteiger partial charge on any atom is 0.0755 e. The summed E-state index contributed by atoms with van der Waals surface area (Å²) in [5, 5.41) is 2.39. The fourth-order valence-electron chi connectivity index (χ4n) is 0.898. The molecule has 45 valence electrons. The first-order chi connectivity index (χ1) is 3.00. The molecule has 1 rings (SSSR count). The zero-order chi connectivity index (χ0) is 4.24. The van der Waals surface area contributed by atoms with Crippen molar-refractivity contribution in [2.24, 2.45) is 0 Å². The van der Waals surface area contributed by atoms with Gasteiger partial charge in [-0.15, -0.1) is 0 Å². The van der Waals surface area contributed by atoms with Crippen molar-refractivity contribution in [3.05, 3.63) is 0 Å². The molecule has 0 aromatic heterocycles. The van der Waals surface area contributed by atoms with Gasteiger partial charge in [-0.3, -0.25) is 0 Å². The molecule has 0 aromatic carbocycles. The molecule has 0 unspecified atom stereocenters. The van der Waals surface area contributed by atoms with Gasteiger partial charge >= 0.3 is 0 Å². The van der Waals surface area contributed by atoms with E-state index in [9.17, 15) is 0 Å². The van der Waals surface area contributed by atoms with E-state index in [4.69, 9.17) is 0 Å². The van der Waals surface area contributed by atoms with Crippen LogP contribution in [-0.2, 0) is 0 Å². The smallest absolute Gasteiger partial charge is 0.0755 e. The Balaban J connectivity index is 0. The number of nitrogens with two attached hydrogens (primary N) is 1. The van der Waals surface area contributed by atoms with Crippen molar-refractivity contribution in [3.63, 3.8) is 0 Å². The van der Waals surface area contributed by atoms with Gasteiger partial charge in [0.1, 0.15) is 0 Å². The van der Waals surface area contributed by atoms with E-state index >= 15 is 0 Å². The SMILES string of the molecule is C1CC[NH2+]CC1.[Na].[OH-]. The summed E-state index contributed by atoms with van der Waals surface area (Å²) in [5.41, 5.74) is 0. The Hall–Kier alpha value is 0.920. The van der Waals surface area contributed by atoms with Crippen LogP contribution in [0.4, 0.5) is 0 Å². The predicted molar refractivity (Wildman–Crippen MR) is 33.2 cm³/mol. The molecule has 0 spiro atoms. The summed E-state index contributed by atoms with van der Waals surface area (Å²) in [7, 11) is 0. The Bertz CT molecular complexity index is 27.9. The van der Waals surface area contributed by atoms with E-state index in [0.717, 1.165) is 0 Å². The van der Waals surface area contributed by atoms with Crippen LogP contribution in [0, 0.1) is 0 Å². The van der Waals surface area contributed by atoms with Crippen LogP contribution in [0.15, 0.2) is 0 Å². The van der Waals surface area contributed by atoms with Gasteiger partial charge < -0.3 is 10.8 Å².